The predicted octanol–water partition coefficient (Wildman–Crippen LogP) is 3.96. The first-order valence-corrected chi connectivity index (χ1v) is 6.61. The van der Waals surface area contributed by atoms with E-state index in [1.165, 1.54) is 0 Å². The van der Waals surface area contributed by atoms with Crippen molar-refractivity contribution in [1.82, 2.24) is 0 Å². The molecule has 0 spiro atoms. The quantitative estimate of drug-likeness (QED) is 0.931. The maximum atomic E-state index is 11.1. The van der Waals surface area contributed by atoms with Gasteiger partial charge in [0.1, 0.15) is 11.5 Å². The van der Waals surface area contributed by atoms with Gasteiger partial charge in [0.05, 0.1) is 0 Å². The molecule has 0 aliphatic rings. The van der Waals surface area contributed by atoms with E-state index in [1.54, 1.807) is 18.2 Å². The third-order valence-corrected chi connectivity index (χ3v) is 3.72. The predicted molar refractivity (Wildman–Crippen MR) is 78.6 cm³/mol. The van der Waals surface area contributed by atoms with Crippen LogP contribution in [-0.2, 0) is 0 Å². The number of halogens is 1. The molecule has 0 radical (unpaired) electrons. The van der Waals surface area contributed by atoms with Gasteiger partial charge in [0, 0.05) is 10.0 Å². The number of hydrogen-bond donors (Lipinski definition) is 1. The molecule has 98 valence electrons. The van der Waals surface area contributed by atoms with E-state index in [0.29, 0.717) is 11.3 Å². The van der Waals surface area contributed by atoms with Gasteiger partial charge in [0.15, 0.2) is 0 Å². The van der Waals surface area contributed by atoms with Gasteiger partial charge in [-0.05, 0) is 61.4 Å². The molecule has 0 saturated heterocycles. The zero-order chi connectivity index (χ0) is 14.0. The van der Waals surface area contributed by atoms with E-state index >= 15 is 0 Å². The molecule has 0 fully saturated rings. The molecule has 0 bridgehead atoms. The fourth-order valence-corrected chi connectivity index (χ4v) is 2.04. The second kappa shape index (κ2) is 5.45. The van der Waals surface area contributed by atoms with Crippen molar-refractivity contribution in [2.75, 3.05) is 0 Å². The highest BCUT2D eigenvalue weighted by molar-refractivity contribution is 9.10. The number of nitrogens with two attached hydrogens (primary N) is 1. The van der Waals surface area contributed by atoms with Crippen LogP contribution < -0.4 is 10.5 Å². The highest BCUT2D eigenvalue weighted by Gasteiger charge is 2.07. The summed E-state index contributed by atoms with van der Waals surface area (Å²) in [4.78, 5) is 11.1. The zero-order valence-electron chi connectivity index (χ0n) is 10.7. The summed E-state index contributed by atoms with van der Waals surface area (Å²) in [5.41, 5.74) is 7.69. The highest BCUT2D eigenvalue weighted by Crippen LogP contribution is 2.27. The monoisotopic (exact) mass is 319 g/mol. The number of amides is 1. The van der Waals surface area contributed by atoms with Crippen LogP contribution in [0.1, 0.15) is 21.5 Å². The largest absolute Gasteiger partial charge is 0.457 e. The SMILES string of the molecule is Cc1cc(Oc2ccc(C(N)=O)c(C)c2)ccc1Br. The topological polar surface area (TPSA) is 52.3 Å². The van der Waals surface area contributed by atoms with Crippen LogP contribution in [0.25, 0.3) is 0 Å². The Morgan fingerprint density at radius 2 is 1.63 bits per heavy atom. The lowest BCUT2D eigenvalue weighted by Gasteiger charge is -2.09. The van der Waals surface area contributed by atoms with Crippen molar-refractivity contribution in [3.63, 3.8) is 0 Å². The van der Waals surface area contributed by atoms with Gasteiger partial charge in [-0.1, -0.05) is 15.9 Å². The Hall–Kier alpha value is -1.81. The van der Waals surface area contributed by atoms with Crippen LogP contribution in [0.2, 0.25) is 0 Å². The molecule has 0 aliphatic heterocycles. The molecule has 1 amide bonds. The van der Waals surface area contributed by atoms with Crippen LogP contribution in [0.3, 0.4) is 0 Å². The number of aryl methyl sites for hydroxylation is 2. The van der Waals surface area contributed by atoms with E-state index in [9.17, 15) is 4.79 Å². The first kappa shape index (κ1) is 13.6. The lowest BCUT2D eigenvalue weighted by atomic mass is 10.1. The lowest BCUT2D eigenvalue weighted by molar-refractivity contribution is 0.0999. The first-order chi connectivity index (χ1) is 8.97. The average molecular weight is 320 g/mol. The Morgan fingerprint density at radius 3 is 2.16 bits per heavy atom. The molecule has 0 aliphatic carbocycles. The summed E-state index contributed by atoms with van der Waals surface area (Å²) in [7, 11) is 0. The smallest absolute Gasteiger partial charge is 0.248 e. The second-order valence-corrected chi connectivity index (χ2v) is 5.21. The van der Waals surface area contributed by atoms with Crippen molar-refractivity contribution < 1.29 is 9.53 Å². The zero-order valence-corrected chi connectivity index (χ0v) is 12.3. The van der Waals surface area contributed by atoms with Gasteiger partial charge in [-0.3, -0.25) is 4.79 Å². The van der Waals surface area contributed by atoms with Gasteiger partial charge >= 0.3 is 0 Å². The van der Waals surface area contributed by atoms with Gasteiger partial charge in [-0.25, -0.2) is 0 Å². The summed E-state index contributed by atoms with van der Waals surface area (Å²) in [6.07, 6.45) is 0. The summed E-state index contributed by atoms with van der Waals surface area (Å²) in [5.74, 6) is 1.01. The molecule has 2 aromatic carbocycles. The van der Waals surface area contributed by atoms with Crippen molar-refractivity contribution in [1.29, 1.82) is 0 Å². The standard InChI is InChI=1S/C15H14BrNO2/c1-9-7-11(3-5-13(9)15(17)18)19-12-4-6-14(16)10(2)8-12/h3-8H,1-2H3,(H2,17,18). The van der Waals surface area contributed by atoms with E-state index in [2.05, 4.69) is 15.9 Å². The summed E-state index contributed by atoms with van der Waals surface area (Å²) in [6, 6.07) is 11.0. The van der Waals surface area contributed by atoms with E-state index in [1.807, 2.05) is 32.0 Å². The van der Waals surface area contributed by atoms with E-state index in [0.717, 1.165) is 21.3 Å². The minimum absolute atomic E-state index is 0.427. The molecule has 19 heavy (non-hydrogen) atoms. The number of benzene rings is 2. The molecule has 4 heteroatoms. The minimum atomic E-state index is -0.427. The molecular weight excluding hydrogens is 306 g/mol. The number of ether oxygens (including phenoxy) is 1. The van der Waals surface area contributed by atoms with Crippen molar-refractivity contribution in [2.45, 2.75) is 13.8 Å². The molecule has 0 unspecified atom stereocenters. The van der Waals surface area contributed by atoms with Gasteiger partial charge < -0.3 is 10.5 Å². The minimum Gasteiger partial charge on any atom is -0.457 e. The number of primary amides is 1. The van der Waals surface area contributed by atoms with E-state index in [4.69, 9.17) is 10.5 Å². The number of carbonyl (C=O) groups is 1. The Kier molecular flexibility index (Phi) is 3.90. The normalized spacial score (nSPS) is 10.3. The third kappa shape index (κ3) is 3.15. The Balaban J connectivity index is 2.26. The van der Waals surface area contributed by atoms with Crippen LogP contribution in [-0.4, -0.2) is 5.91 Å². The van der Waals surface area contributed by atoms with E-state index in [-0.39, 0.29) is 0 Å². The summed E-state index contributed by atoms with van der Waals surface area (Å²) in [6.45, 7) is 3.83. The maximum absolute atomic E-state index is 11.1. The van der Waals surface area contributed by atoms with Crippen molar-refractivity contribution in [3.8, 4) is 11.5 Å². The fraction of sp³-hybridized carbons (Fsp3) is 0.133. The fourth-order valence-electron chi connectivity index (χ4n) is 1.79. The lowest BCUT2D eigenvalue weighted by Crippen LogP contribution is -2.12. The average Bonchev–Trinajstić information content (AvgIpc) is 2.33. The Labute approximate surface area is 120 Å². The Bertz CT molecular complexity index is 638. The van der Waals surface area contributed by atoms with Crippen molar-refractivity contribution in [2.24, 2.45) is 5.73 Å². The van der Waals surface area contributed by atoms with Crippen molar-refractivity contribution in [3.05, 3.63) is 57.6 Å². The molecule has 2 N–H and O–H groups in total. The van der Waals surface area contributed by atoms with Crippen LogP contribution in [0.5, 0.6) is 11.5 Å². The molecule has 0 saturated carbocycles. The number of carbonyl (C=O) groups excluding carboxylic acids is 1. The molecule has 0 heterocycles. The number of hydrogen-bond acceptors (Lipinski definition) is 2. The van der Waals surface area contributed by atoms with E-state index < -0.39 is 5.91 Å². The van der Waals surface area contributed by atoms with Crippen LogP contribution >= 0.6 is 15.9 Å². The Morgan fingerprint density at radius 1 is 1.05 bits per heavy atom. The molecular formula is C15H14BrNO2. The van der Waals surface area contributed by atoms with Gasteiger partial charge in [-0.2, -0.15) is 0 Å². The third-order valence-electron chi connectivity index (χ3n) is 2.83. The summed E-state index contributed by atoms with van der Waals surface area (Å²) < 4.78 is 6.80. The summed E-state index contributed by atoms with van der Waals surface area (Å²) >= 11 is 3.44. The maximum Gasteiger partial charge on any atom is 0.248 e. The molecule has 0 aromatic heterocycles. The molecule has 3 nitrogen and oxygen atoms in total. The molecule has 0 atom stereocenters. The molecule has 2 aromatic rings. The van der Waals surface area contributed by atoms with Crippen molar-refractivity contribution >= 4 is 21.8 Å². The summed E-state index contributed by atoms with van der Waals surface area (Å²) in [5, 5.41) is 0. The first-order valence-electron chi connectivity index (χ1n) is 5.82. The van der Waals surface area contributed by atoms with Gasteiger partial charge in [0.2, 0.25) is 5.91 Å². The number of rotatable bonds is 3. The second-order valence-electron chi connectivity index (χ2n) is 4.35. The van der Waals surface area contributed by atoms with Crippen LogP contribution in [0.15, 0.2) is 40.9 Å². The highest BCUT2D eigenvalue weighted by atomic mass is 79.9. The van der Waals surface area contributed by atoms with Gasteiger partial charge in [-0.15, -0.1) is 0 Å². The van der Waals surface area contributed by atoms with Crippen LogP contribution in [0.4, 0.5) is 0 Å². The van der Waals surface area contributed by atoms with Gasteiger partial charge in [0.25, 0.3) is 0 Å². The van der Waals surface area contributed by atoms with Crippen LogP contribution in [0, 0.1) is 13.8 Å². The molecule has 2 rings (SSSR count).